The predicted octanol–water partition coefficient (Wildman–Crippen LogP) is -0.381. The molecular weight excluding hydrogens is 172 g/mol. The smallest absolute Gasteiger partial charge is 0.297 e. The molecular formula is C5H12O5S. The molecule has 0 aromatic carbocycles. The summed E-state index contributed by atoms with van der Waals surface area (Å²) in [6, 6.07) is 0. The van der Waals surface area contributed by atoms with Gasteiger partial charge in [0.2, 0.25) is 4.93 Å². The molecule has 0 bridgehead atoms. The number of hydrogen-bond acceptors (Lipinski definition) is 4. The van der Waals surface area contributed by atoms with E-state index in [2.05, 4.69) is 4.74 Å². The summed E-state index contributed by atoms with van der Waals surface area (Å²) in [5, 5.41) is 9.19. The minimum absolute atomic E-state index is 0.111. The average Bonchev–Trinajstić information content (AvgIpc) is 1.86. The van der Waals surface area contributed by atoms with Crippen molar-refractivity contribution < 1.29 is 22.8 Å². The van der Waals surface area contributed by atoms with Gasteiger partial charge in [-0.2, -0.15) is 8.42 Å². The van der Waals surface area contributed by atoms with E-state index in [0.717, 1.165) is 0 Å². The first-order valence-electron chi connectivity index (χ1n) is 3.05. The molecule has 0 aromatic heterocycles. The lowest BCUT2D eigenvalue weighted by atomic mass is 10.3. The summed E-state index contributed by atoms with van der Waals surface area (Å²) in [5.74, 6) is 0. The van der Waals surface area contributed by atoms with Gasteiger partial charge in [-0.25, -0.2) is 0 Å². The standard InChI is InChI=1S/C5H12O5S/c1-3-5(6,4-10-2)11(7,8)9/h6H,3-4H2,1-2H3,(H,7,8,9). The van der Waals surface area contributed by atoms with Gasteiger partial charge in [-0.1, -0.05) is 6.92 Å². The third-order valence-electron chi connectivity index (χ3n) is 1.40. The van der Waals surface area contributed by atoms with Crippen molar-refractivity contribution in [3.05, 3.63) is 0 Å². The van der Waals surface area contributed by atoms with Crippen LogP contribution in [0.5, 0.6) is 0 Å². The third kappa shape index (κ3) is 2.41. The van der Waals surface area contributed by atoms with E-state index in [1.165, 1.54) is 14.0 Å². The number of hydrogen-bond donors (Lipinski definition) is 2. The van der Waals surface area contributed by atoms with Crippen LogP contribution in [0.1, 0.15) is 13.3 Å². The highest BCUT2D eigenvalue weighted by molar-refractivity contribution is 7.87. The number of ether oxygens (including phenoxy) is 1. The molecule has 0 saturated carbocycles. The summed E-state index contributed by atoms with van der Waals surface area (Å²) < 4.78 is 33.9. The van der Waals surface area contributed by atoms with Crippen molar-refractivity contribution in [1.29, 1.82) is 0 Å². The van der Waals surface area contributed by atoms with Crippen LogP contribution in [0.3, 0.4) is 0 Å². The van der Waals surface area contributed by atoms with Crippen molar-refractivity contribution >= 4 is 10.1 Å². The lowest BCUT2D eigenvalue weighted by molar-refractivity contribution is 0.0226. The molecule has 1 atom stereocenters. The Balaban J connectivity index is 4.61. The SMILES string of the molecule is CCC(O)(COC)S(=O)(=O)O. The van der Waals surface area contributed by atoms with Crippen molar-refractivity contribution in [3.63, 3.8) is 0 Å². The Hall–Kier alpha value is -0.170. The third-order valence-corrected chi connectivity index (χ3v) is 2.77. The number of aliphatic hydroxyl groups is 1. The molecule has 0 radical (unpaired) electrons. The molecule has 0 aliphatic rings. The van der Waals surface area contributed by atoms with Crippen LogP contribution in [0.15, 0.2) is 0 Å². The van der Waals surface area contributed by atoms with Crippen LogP contribution >= 0.6 is 0 Å². The van der Waals surface area contributed by atoms with E-state index in [0.29, 0.717) is 0 Å². The Morgan fingerprint density at radius 3 is 2.09 bits per heavy atom. The molecule has 0 saturated heterocycles. The van der Waals surface area contributed by atoms with Crippen LogP contribution in [0.25, 0.3) is 0 Å². The molecule has 68 valence electrons. The highest BCUT2D eigenvalue weighted by atomic mass is 32.2. The van der Waals surface area contributed by atoms with Crippen molar-refractivity contribution in [2.24, 2.45) is 0 Å². The van der Waals surface area contributed by atoms with E-state index in [-0.39, 0.29) is 6.42 Å². The Kier molecular flexibility index (Phi) is 3.43. The maximum atomic E-state index is 10.5. The van der Waals surface area contributed by atoms with E-state index >= 15 is 0 Å². The van der Waals surface area contributed by atoms with E-state index < -0.39 is 21.7 Å². The largest absolute Gasteiger partial charge is 0.380 e. The molecule has 0 fully saturated rings. The Labute approximate surface area is 65.7 Å². The van der Waals surface area contributed by atoms with E-state index in [1.54, 1.807) is 0 Å². The first-order chi connectivity index (χ1) is 4.87. The summed E-state index contributed by atoms with van der Waals surface area (Å²) in [7, 11) is -3.20. The lowest BCUT2D eigenvalue weighted by Gasteiger charge is -2.21. The van der Waals surface area contributed by atoms with Gasteiger partial charge in [-0.15, -0.1) is 0 Å². The highest BCUT2D eigenvalue weighted by Gasteiger charge is 2.38. The molecule has 2 N–H and O–H groups in total. The zero-order valence-electron chi connectivity index (χ0n) is 6.44. The maximum Gasteiger partial charge on any atom is 0.297 e. The molecule has 6 heteroatoms. The fourth-order valence-corrected chi connectivity index (χ4v) is 1.22. The van der Waals surface area contributed by atoms with Crippen molar-refractivity contribution in [2.45, 2.75) is 18.3 Å². The summed E-state index contributed by atoms with van der Waals surface area (Å²) in [4.78, 5) is -2.16. The second kappa shape index (κ2) is 3.48. The topological polar surface area (TPSA) is 83.8 Å². The minimum Gasteiger partial charge on any atom is -0.380 e. The molecule has 0 aliphatic heterocycles. The van der Waals surface area contributed by atoms with Gasteiger partial charge >= 0.3 is 0 Å². The van der Waals surface area contributed by atoms with Gasteiger partial charge in [-0.05, 0) is 6.42 Å². The van der Waals surface area contributed by atoms with Gasteiger partial charge < -0.3 is 9.84 Å². The number of rotatable bonds is 4. The molecule has 1 unspecified atom stereocenters. The molecule has 0 aliphatic carbocycles. The zero-order chi connectivity index (χ0) is 9.12. The Morgan fingerprint density at radius 2 is 2.00 bits per heavy atom. The fourth-order valence-electron chi connectivity index (χ4n) is 0.584. The average molecular weight is 184 g/mol. The Bertz CT molecular complexity index is 209. The van der Waals surface area contributed by atoms with Crippen molar-refractivity contribution in [3.8, 4) is 0 Å². The van der Waals surface area contributed by atoms with Gasteiger partial charge in [0.1, 0.15) is 0 Å². The summed E-state index contributed by atoms with van der Waals surface area (Å²) in [6.07, 6.45) is -0.111. The predicted molar refractivity (Wildman–Crippen MR) is 38.7 cm³/mol. The zero-order valence-corrected chi connectivity index (χ0v) is 7.26. The second-order valence-corrected chi connectivity index (χ2v) is 3.92. The van der Waals surface area contributed by atoms with Gasteiger partial charge in [-0.3, -0.25) is 4.55 Å². The second-order valence-electron chi connectivity index (χ2n) is 2.21. The van der Waals surface area contributed by atoms with Crippen LogP contribution in [-0.2, 0) is 14.9 Å². The van der Waals surface area contributed by atoms with Crippen molar-refractivity contribution in [1.82, 2.24) is 0 Å². The molecule has 0 heterocycles. The molecule has 0 aromatic rings. The lowest BCUT2D eigenvalue weighted by Crippen LogP contribution is -2.41. The molecule has 11 heavy (non-hydrogen) atoms. The normalized spacial score (nSPS) is 17.8. The van der Waals surface area contributed by atoms with Gasteiger partial charge in [0.25, 0.3) is 10.1 Å². The Morgan fingerprint density at radius 1 is 1.55 bits per heavy atom. The first-order valence-corrected chi connectivity index (χ1v) is 4.49. The van der Waals surface area contributed by atoms with E-state index in [9.17, 15) is 13.5 Å². The first kappa shape index (κ1) is 10.8. The molecule has 5 nitrogen and oxygen atoms in total. The van der Waals surface area contributed by atoms with E-state index in [4.69, 9.17) is 4.55 Å². The molecule has 0 rings (SSSR count). The summed E-state index contributed by atoms with van der Waals surface area (Å²) in [6.45, 7) is 1.01. The summed E-state index contributed by atoms with van der Waals surface area (Å²) in [5.41, 5.74) is 0. The van der Waals surface area contributed by atoms with Gasteiger partial charge in [0.15, 0.2) is 0 Å². The van der Waals surface area contributed by atoms with Crippen LogP contribution in [0.2, 0.25) is 0 Å². The minimum atomic E-state index is -4.45. The quantitative estimate of drug-likeness (QED) is 0.582. The van der Waals surface area contributed by atoms with Gasteiger partial charge in [0.05, 0.1) is 6.61 Å². The van der Waals surface area contributed by atoms with Crippen LogP contribution < -0.4 is 0 Å². The molecule has 0 spiro atoms. The van der Waals surface area contributed by atoms with E-state index in [1.807, 2.05) is 0 Å². The highest BCUT2D eigenvalue weighted by Crippen LogP contribution is 2.16. The molecule has 0 amide bonds. The van der Waals surface area contributed by atoms with Crippen LogP contribution in [-0.4, -0.2) is 36.7 Å². The maximum absolute atomic E-state index is 10.5. The van der Waals surface area contributed by atoms with Gasteiger partial charge in [0, 0.05) is 7.11 Å². The number of methoxy groups -OCH3 is 1. The van der Waals surface area contributed by atoms with Crippen molar-refractivity contribution in [2.75, 3.05) is 13.7 Å². The van der Waals surface area contributed by atoms with Crippen LogP contribution in [0, 0.1) is 0 Å². The monoisotopic (exact) mass is 184 g/mol. The van der Waals surface area contributed by atoms with Crippen LogP contribution in [0.4, 0.5) is 0 Å². The summed E-state index contributed by atoms with van der Waals surface area (Å²) >= 11 is 0. The fraction of sp³-hybridized carbons (Fsp3) is 1.00.